The summed E-state index contributed by atoms with van der Waals surface area (Å²) >= 11 is 0. The Bertz CT molecular complexity index is 609. The number of benzene rings is 2. The molecule has 1 atom stereocenters. The highest BCUT2D eigenvalue weighted by Gasteiger charge is 2.13. The molecular formula is C17H20N2O5. The Balaban J connectivity index is 0.000000195. The summed E-state index contributed by atoms with van der Waals surface area (Å²) in [7, 11) is 0. The molecule has 6 N–H and O–H groups in total. The number of ether oxygens (including phenoxy) is 1. The van der Waals surface area contributed by atoms with Crippen LogP contribution in [0.25, 0.3) is 0 Å². The van der Waals surface area contributed by atoms with Gasteiger partial charge in [0.25, 0.3) is 0 Å². The van der Waals surface area contributed by atoms with Crippen LogP contribution in [0.4, 0.5) is 11.4 Å². The van der Waals surface area contributed by atoms with E-state index in [1.807, 2.05) is 0 Å². The fourth-order valence-corrected chi connectivity index (χ4v) is 1.35. The van der Waals surface area contributed by atoms with Crippen LogP contribution in [0.5, 0.6) is 0 Å². The standard InChI is InChI=1S/2C7H7NO2.C3H6O/c2*8-6-3-1-5(2-4-6)7(9)10;1-3-2-4-3/h2*1-4H,8H2,(H,9,10);3H,2H2,1H3. The molecule has 0 aliphatic carbocycles. The van der Waals surface area contributed by atoms with Crippen molar-refractivity contribution in [3.63, 3.8) is 0 Å². The second-order valence-electron chi connectivity index (χ2n) is 5.00. The molecule has 1 aliphatic rings. The maximum absolute atomic E-state index is 10.3. The van der Waals surface area contributed by atoms with Crippen molar-refractivity contribution in [1.29, 1.82) is 0 Å². The normalized spacial score (nSPS) is 14.3. The first-order chi connectivity index (χ1) is 11.3. The quantitative estimate of drug-likeness (QED) is 0.489. The molecule has 2 aromatic rings. The van der Waals surface area contributed by atoms with Crippen LogP contribution in [-0.2, 0) is 4.74 Å². The number of carboxylic acids is 2. The highest BCUT2D eigenvalue weighted by atomic mass is 16.6. The fraction of sp³-hybridized carbons (Fsp3) is 0.176. The number of epoxide rings is 1. The average Bonchev–Trinajstić information content (AvgIpc) is 3.32. The molecule has 1 saturated heterocycles. The van der Waals surface area contributed by atoms with Gasteiger partial charge in [-0.05, 0) is 55.5 Å². The Morgan fingerprint density at radius 2 is 1.12 bits per heavy atom. The number of aromatic carboxylic acids is 2. The van der Waals surface area contributed by atoms with Crippen LogP contribution in [-0.4, -0.2) is 34.9 Å². The van der Waals surface area contributed by atoms with Crippen molar-refractivity contribution in [2.24, 2.45) is 0 Å². The molecule has 1 heterocycles. The number of anilines is 2. The first-order valence-corrected chi connectivity index (χ1v) is 7.09. The summed E-state index contributed by atoms with van der Waals surface area (Å²) in [5.74, 6) is -1.86. The van der Waals surface area contributed by atoms with Crippen molar-refractivity contribution >= 4 is 23.3 Å². The van der Waals surface area contributed by atoms with Crippen LogP contribution in [0.1, 0.15) is 27.6 Å². The van der Waals surface area contributed by atoms with Crippen molar-refractivity contribution in [1.82, 2.24) is 0 Å². The molecule has 0 amide bonds. The molecule has 128 valence electrons. The van der Waals surface area contributed by atoms with Crippen molar-refractivity contribution in [2.75, 3.05) is 18.1 Å². The lowest BCUT2D eigenvalue weighted by Crippen LogP contribution is -1.95. The molecule has 3 rings (SSSR count). The van der Waals surface area contributed by atoms with Gasteiger partial charge in [-0.1, -0.05) is 0 Å². The van der Waals surface area contributed by atoms with Crippen LogP contribution in [0.2, 0.25) is 0 Å². The average molecular weight is 332 g/mol. The van der Waals surface area contributed by atoms with Crippen molar-refractivity contribution in [3.8, 4) is 0 Å². The molecule has 0 radical (unpaired) electrons. The number of hydrogen-bond acceptors (Lipinski definition) is 5. The van der Waals surface area contributed by atoms with E-state index in [4.69, 9.17) is 26.4 Å². The number of rotatable bonds is 2. The van der Waals surface area contributed by atoms with Gasteiger partial charge in [0.2, 0.25) is 0 Å². The summed E-state index contributed by atoms with van der Waals surface area (Å²) in [6.07, 6.45) is 0.583. The van der Waals surface area contributed by atoms with E-state index in [1.54, 1.807) is 24.3 Å². The lowest BCUT2D eigenvalue weighted by atomic mass is 10.2. The molecule has 2 aromatic carbocycles. The van der Waals surface area contributed by atoms with Gasteiger partial charge < -0.3 is 26.4 Å². The van der Waals surface area contributed by atoms with Gasteiger partial charge in [-0.2, -0.15) is 0 Å². The van der Waals surface area contributed by atoms with E-state index < -0.39 is 11.9 Å². The predicted octanol–water partition coefficient (Wildman–Crippen LogP) is 2.34. The number of nitrogen functional groups attached to an aromatic ring is 2. The minimum atomic E-state index is -0.931. The van der Waals surface area contributed by atoms with Gasteiger partial charge in [0.1, 0.15) is 0 Å². The molecule has 7 nitrogen and oxygen atoms in total. The molecular weight excluding hydrogens is 312 g/mol. The molecule has 0 saturated carbocycles. The van der Waals surface area contributed by atoms with E-state index in [-0.39, 0.29) is 11.1 Å². The lowest BCUT2D eigenvalue weighted by molar-refractivity contribution is 0.0686. The number of carboxylic acid groups (broad SMARTS) is 2. The van der Waals surface area contributed by atoms with Gasteiger partial charge in [0, 0.05) is 11.4 Å². The first kappa shape index (κ1) is 19.0. The maximum atomic E-state index is 10.3. The molecule has 0 bridgehead atoms. The Hall–Kier alpha value is -3.06. The molecule has 1 fully saturated rings. The Morgan fingerprint density at radius 3 is 1.29 bits per heavy atom. The molecule has 7 heteroatoms. The zero-order valence-corrected chi connectivity index (χ0v) is 13.2. The van der Waals surface area contributed by atoms with Gasteiger partial charge in [-0.15, -0.1) is 0 Å². The van der Waals surface area contributed by atoms with E-state index in [9.17, 15) is 9.59 Å². The monoisotopic (exact) mass is 332 g/mol. The van der Waals surface area contributed by atoms with E-state index in [0.29, 0.717) is 17.5 Å². The highest BCUT2D eigenvalue weighted by Crippen LogP contribution is 2.05. The third-order valence-corrected chi connectivity index (χ3v) is 2.82. The Kier molecular flexibility index (Phi) is 7.25. The van der Waals surface area contributed by atoms with E-state index in [0.717, 1.165) is 6.61 Å². The third-order valence-electron chi connectivity index (χ3n) is 2.82. The molecule has 0 aromatic heterocycles. The number of nitrogens with two attached hydrogens (primary N) is 2. The Morgan fingerprint density at radius 1 is 0.875 bits per heavy atom. The van der Waals surface area contributed by atoms with Gasteiger partial charge >= 0.3 is 11.9 Å². The summed E-state index contributed by atoms with van der Waals surface area (Å²) in [6.45, 7) is 3.04. The molecule has 1 aliphatic heterocycles. The minimum Gasteiger partial charge on any atom is -0.478 e. The van der Waals surface area contributed by atoms with Gasteiger partial charge in [-0.25, -0.2) is 9.59 Å². The number of carbonyl (C=O) groups is 2. The molecule has 0 spiro atoms. The highest BCUT2D eigenvalue weighted by molar-refractivity contribution is 5.88. The van der Waals surface area contributed by atoms with Gasteiger partial charge in [0.15, 0.2) is 0 Å². The fourth-order valence-electron chi connectivity index (χ4n) is 1.35. The maximum Gasteiger partial charge on any atom is 0.335 e. The van der Waals surface area contributed by atoms with Crippen LogP contribution < -0.4 is 11.5 Å². The number of hydrogen-bond donors (Lipinski definition) is 4. The third kappa shape index (κ3) is 7.81. The zero-order valence-electron chi connectivity index (χ0n) is 13.2. The van der Waals surface area contributed by atoms with Crippen molar-refractivity contribution in [3.05, 3.63) is 59.7 Å². The summed E-state index contributed by atoms with van der Waals surface area (Å²) in [5, 5.41) is 16.9. The van der Waals surface area contributed by atoms with Crippen molar-refractivity contribution in [2.45, 2.75) is 13.0 Å². The van der Waals surface area contributed by atoms with E-state index in [1.165, 1.54) is 24.3 Å². The van der Waals surface area contributed by atoms with Crippen LogP contribution in [0, 0.1) is 0 Å². The summed E-state index contributed by atoms with van der Waals surface area (Å²) in [6, 6.07) is 12.1. The SMILES string of the molecule is CC1CO1.Nc1ccc(C(=O)O)cc1.Nc1ccc(C(=O)O)cc1. The largest absolute Gasteiger partial charge is 0.478 e. The minimum absolute atomic E-state index is 0.259. The van der Waals surface area contributed by atoms with E-state index >= 15 is 0 Å². The van der Waals surface area contributed by atoms with Crippen LogP contribution >= 0.6 is 0 Å². The topological polar surface area (TPSA) is 139 Å². The summed E-state index contributed by atoms with van der Waals surface area (Å²) < 4.78 is 4.71. The van der Waals surface area contributed by atoms with Crippen molar-refractivity contribution < 1.29 is 24.5 Å². The molecule has 1 unspecified atom stereocenters. The summed E-state index contributed by atoms with van der Waals surface area (Å²) in [4.78, 5) is 20.5. The van der Waals surface area contributed by atoms with Crippen LogP contribution in [0.3, 0.4) is 0 Å². The summed E-state index contributed by atoms with van der Waals surface area (Å²) in [5.41, 5.74) is 12.3. The Labute approximate surface area is 139 Å². The van der Waals surface area contributed by atoms with E-state index in [2.05, 4.69) is 6.92 Å². The second-order valence-corrected chi connectivity index (χ2v) is 5.00. The van der Waals surface area contributed by atoms with Crippen LogP contribution in [0.15, 0.2) is 48.5 Å². The van der Waals surface area contributed by atoms with Gasteiger partial charge in [0.05, 0.1) is 23.8 Å². The molecule has 24 heavy (non-hydrogen) atoms. The van der Waals surface area contributed by atoms with Gasteiger partial charge in [-0.3, -0.25) is 0 Å². The predicted molar refractivity (Wildman–Crippen MR) is 91.0 cm³/mol. The first-order valence-electron chi connectivity index (χ1n) is 7.09. The smallest absolute Gasteiger partial charge is 0.335 e. The second kappa shape index (κ2) is 9.16. The lowest BCUT2D eigenvalue weighted by Gasteiger charge is -1.93. The zero-order chi connectivity index (χ0) is 18.1.